The molecule has 8 nitrogen and oxygen atoms in total. The summed E-state index contributed by atoms with van der Waals surface area (Å²) in [5, 5.41) is 3.38. The number of aliphatic imine (C=N–C) groups is 1. The standard InChI is InChI=1S/C22H33N5O3/c1-2-23-22(25-15-18-7-8-20(24-14-18)30-16-17-5-6-17)27-11-9-26(10-12-27)21(28)19-4-3-13-29-19/h7-8,14,17,19H,2-6,9-13,15-16H2,1H3,(H,23,25). The number of nitrogens with zero attached hydrogens (tertiary/aromatic N) is 4. The van der Waals surface area contributed by atoms with Crippen molar-refractivity contribution in [3.8, 4) is 5.88 Å². The molecule has 30 heavy (non-hydrogen) atoms. The van der Waals surface area contributed by atoms with Gasteiger partial charge in [-0.15, -0.1) is 0 Å². The van der Waals surface area contributed by atoms with Gasteiger partial charge in [0.1, 0.15) is 6.10 Å². The van der Waals surface area contributed by atoms with E-state index in [9.17, 15) is 4.79 Å². The highest BCUT2D eigenvalue weighted by atomic mass is 16.5. The van der Waals surface area contributed by atoms with Crippen molar-refractivity contribution < 1.29 is 14.3 Å². The van der Waals surface area contributed by atoms with Gasteiger partial charge in [0.15, 0.2) is 5.96 Å². The fraction of sp³-hybridized carbons (Fsp3) is 0.682. The molecule has 3 fully saturated rings. The highest BCUT2D eigenvalue weighted by Crippen LogP contribution is 2.29. The van der Waals surface area contributed by atoms with Crippen LogP contribution >= 0.6 is 0 Å². The van der Waals surface area contributed by atoms with Gasteiger partial charge in [0.2, 0.25) is 5.88 Å². The Balaban J connectivity index is 1.28. The molecule has 0 bridgehead atoms. The molecule has 3 heterocycles. The Kier molecular flexibility index (Phi) is 7.04. The quantitative estimate of drug-likeness (QED) is 0.539. The molecule has 3 aliphatic rings. The molecule has 1 amide bonds. The lowest BCUT2D eigenvalue weighted by atomic mass is 10.2. The minimum Gasteiger partial charge on any atom is -0.477 e. The third-order valence-electron chi connectivity index (χ3n) is 5.80. The van der Waals surface area contributed by atoms with Crippen molar-refractivity contribution >= 4 is 11.9 Å². The molecule has 1 aromatic rings. The molecule has 2 saturated heterocycles. The van der Waals surface area contributed by atoms with Gasteiger partial charge in [0.25, 0.3) is 5.91 Å². The third kappa shape index (κ3) is 5.62. The fourth-order valence-corrected chi connectivity index (χ4v) is 3.78. The molecule has 1 saturated carbocycles. The molecule has 0 spiro atoms. The van der Waals surface area contributed by atoms with Crippen LogP contribution in [0, 0.1) is 5.92 Å². The number of piperazine rings is 1. The highest BCUT2D eigenvalue weighted by Gasteiger charge is 2.30. The molecule has 164 valence electrons. The maximum absolute atomic E-state index is 12.5. The first-order chi connectivity index (χ1) is 14.7. The van der Waals surface area contributed by atoms with Crippen LogP contribution in [-0.2, 0) is 16.1 Å². The second-order valence-corrected chi connectivity index (χ2v) is 8.24. The predicted molar refractivity (Wildman–Crippen MR) is 114 cm³/mol. The van der Waals surface area contributed by atoms with Crippen molar-refractivity contribution in [2.75, 3.05) is 45.9 Å². The number of nitrogens with one attached hydrogen (secondary N) is 1. The summed E-state index contributed by atoms with van der Waals surface area (Å²) < 4.78 is 11.3. The lowest BCUT2D eigenvalue weighted by molar-refractivity contribution is -0.142. The zero-order chi connectivity index (χ0) is 20.8. The molecule has 1 atom stereocenters. The van der Waals surface area contributed by atoms with Crippen LogP contribution in [-0.4, -0.2) is 78.7 Å². The Hall–Kier alpha value is -2.35. The minimum absolute atomic E-state index is 0.143. The number of carbonyl (C=O) groups excluding carboxylic acids is 1. The lowest BCUT2D eigenvalue weighted by Gasteiger charge is -2.37. The zero-order valence-corrected chi connectivity index (χ0v) is 17.9. The molecule has 2 aliphatic heterocycles. The van der Waals surface area contributed by atoms with Gasteiger partial charge in [-0.25, -0.2) is 9.98 Å². The summed E-state index contributed by atoms with van der Waals surface area (Å²) in [4.78, 5) is 25.9. The van der Waals surface area contributed by atoms with Gasteiger partial charge in [-0.05, 0) is 44.1 Å². The SMILES string of the molecule is CCNC(=NCc1ccc(OCC2CC2)nc1)N1CCN(C(=O)C2CCCO2)CC1. The van der Waals surface area contributed by atoms with Crippen LogP contribution in [0.25, 0.3) is 0 Å². The molecule has 1 aliphatic carbocycles. The Labute approximate surface area is 178 Å². The van der Waals surface area contributed by atoms with Crippen LogP contribution < -0.4 is 10.1 Å². The number of hydrogen-bond donors (Lipinski definition) is 1. The second kappa shape index (κ2) is 10.1. The van der Waals surface area contributed by atoms with Crippen molar-refractivity contribution in [1.29, 1.82) is 0 Å². The van der Waals surface area contributed by atoms with Gasteiger partial charge in [-0.1, -0.05) is 6.07 Å². The van der Waals surface area contributed by atoms with Crippen molar-refractivity contribution in [2.24, 2.45) is 10.9 Å². The van der Waals surface area contributed by atoms with E-state index in [-0.39, 0.29) is 12.0 Å². The van der Waals surface area contributed by atoms with Crippen LogP contribution in [0.5, 0.6) is 5.88 Å². The molecule has 1 N–H and O–H groups in total. The van der Waals surface area contributed by atoms with Gasteiger partial charge in [0, 0.05) is 51.6 Å². The fourth-order valence-electron chi connectivity index (χ4n) is 3.78. The average molecular weight is 416 g/mol. The summed E-state index contributed by atoms with van der Waals surface area (Å²) in [6.45, 7) is 7.88. The first-order valence-electron chi connectivity index (χ1n) is 11.2. The monoisotopic (exact) mass is 415 g/mol. The molecule has 1 unspecified atom stereocenters. The van der Waals surface area contributed by atoms with Crippen LogP contribution in [0.1, 0.15) is 38.2 Å². The maximum atomic E-state index is 12.5. The number of carbonyl (C=O) groups is 1. The molecule has 0 radical (unpaired) electrons. The van der Waals surface area contributed by atoms with Crippen LogP contribution in [0.2, 0.25) is 0 Å². The van der Waals surface area contributed by atoms with Crippen LogP contribution in [0.3, 0.4) is 0 Å². The first kappa shape index (κ1) is 20.9. The average Bonchev–Trinajstić information content (AvgIpc) is 3.46. The van der Waals surface area contributed by atoms with E-state index >= 15 is 0 Å². The largest absolute Gasteiger partial charge is 0.477 e. The summed E-state index contributed by atoms with van der Waals surface area (Å²) in [5.74, 6) is 2.44. The van der Waals surface area contributed by atoms with E-state index in [1.165, 1.54) is 12.8 Å². The molecule has 4 rings (SSSR count). The van der Waals surface area contributed by atoms with Gasteiger partial charge < -0.3 is 24.6 Å². The van der Waals surface area contributed by atoms with E-state index in [0.717, 1.165) is 56.5 Å². The Bertz CT molecular complexity index is 721. The van der Waals surface area contributed by atoms with Crippen molar-refractivity contribution in [1.82, 2.24) is 20.1 Å². The van der Waals surface area contributed by atoms with E-state index in [1.807, 2.05) is 23.2 Å². The molecule has 8 heteroatoms. The summed E-state index contributed by atoms with van der Waals surface area (Å²) >= 11 is 0. The van der Waals surface area contributed by atoms with Gasteiger partial charge in [-0.3, -0.25) is 4.79 Å². The molecule has 1 aromatic heterocycles. The van der Waals surface area contributed by atoms with E-state index in [1.54, 1.807) is 0 Å². The van der Waals surface area contributed by atoms with Gasteiger partial charge in [-0.2, -0.15) is 0 Å². The first-order valence-corrected chi connectivity index (χ1v) is 11.2. The molecular weight excluding hydrogens is 382 g/mol. The summed E-state index contributed by atoms with van der Waals surface area (Å²) in [6, 6.07) is 3.95. The van der Waals surface area contributed by atoms with E-state index in [4.69, 9.17) is 14.5 Å². The van der Waals surface area contributed by atoms with Crippen LogP contribution in [0.4, 0.5) is 0 Å². The predicted octanol–water partition coefficient (Wildman–Crippen LogP) is 1.66. The summed E-state index contributed by atoms with van der Waals surface area (Å²) in [5.41, 5.74) is 1.05. The minimum atomic E-state index is -0.234. The van der Waals surface area contributed by atoms with E-state index in [2.05, 4.69) is 22.1 Å². The number of guanidine groups is 1. The van der Waals surface area contributed by atoms with E-state index < -0.39 is 0 Å². The Morgan fingerprint density at radius 1 is 1.23 bits per heavy atom. The zero-order valence-electron chi connectivity index (χ0n) is 17.9. The number of aromatic nitrogens is 1. The summed E-state index contributed by atoms with van der Waals surface area (Å²) in [6.07, 6.45) is 5.99. The number of ether oxygens (including phenoxy) is 2. The Morgan fingerprint density at radius 2 is 2.03 bits per heavy atom. The normalized spacial score (nSPS) is 22.3. The molecular formula is C22H33N5O3. The van der Waals surface area contributed by atoms with E-state index in [0.29, 0.717) is 32.1 Å². The second-order valence-electron chi connectivity index (χ2n) is 8.24. The number of amides is 1. The third-order valence-corrected chi connectivity index (χ3v) is 5.80. The van der Waals surface area contributed by atoms with Crippen LogP contribution in [0.15, 0.2) is 23.3 Å². The number of hydrogen-bond acceptors (Lipinski definition) is 5. The number of pyridine rings is 1. The number of rotatable bonds is 7. The lowest BCUT2D eigenvalue weighted by Crippen LogP contribution is -2.55. The topological polar surface area (TPSA) is 79.3 Å². The molecule has 0 aromatic carbocycles. The highest BCUT2D eigenvalue weighted by molar-refractivity contribution is 5.82. The maximum Gasteiger partial charge on any atom is 0.251 e. The van der Waals surface area contributed by atoms with Crippen molar-refractivity contribution in [2.45, 2.75) is 45.3 Å². The Morgan fingerprint density at radius 3 is 2.67 bits per heavy atom. The van der Waals surface area contributed by atoms with Crippen molar-refractivity contribution in [3.05, 3.63) is 23.9 Å². The smallest absolute Gasteiger partial charge is 0.251 e. The van der Waals surface area contributed by atoms with Gasteiger partial charge >= 0.3 is 0 Å². The van der Waals surface area contributed by atoms with Gasteiger partial charge in [0.05, 0.1) is 13.2 Å². The van der Waals surface area contributed by atoms with Crippen molar-refractivity contribution in [3.63, 3.8) is 0 Å². The summed E-state index contributed by atoms with van der Waals surface area (Å²) in [7, 11) is 0.